The third-order valence-electron chi connectivity index (χ3n) is 9.28. The molecule has 0 saturated heterocycles. The number of fused-ring (bicyclic) bond motifs is 2. The highest BCUT2D eigenvalue weighted by molar-refractivity contribution is 5.91. The highest BCUT2D eigenvalue weighted by atomic mass is 16.3. The average molecular weight is 667 g/mol. The van der Waals surface area contributed by atoms with Gasteiger partial charge in [0, 0.05) is 12.5 Å². The Morgan fingerprint density at radius 2 is 1.27 bits per heavy atom. The average Bonchev–Trinajstić information content (AvgIpc) is 3.09. The predicted molar refractivity (Wildman–Crippen MR) is 199 cm³/mol. The molecule has 4 atom stereocenters. The molecule has 4 aromatic carbocycles. The van der Waals surface area contributed by atoms with Crippen molar-refractivity contribution in [3.05, 3.63) is 96.1 Å². The molecule has 0 radical (unpaired) electrons. The van der Waals surface area contributed by atoms with Crippen LogP contribution in [0.4, 0.5) is 0 Å². The Balaban J connectivity index is 1.56. The van der Waals surface area contributed by atoms with Crippen molar-refractivity contribution in [2.45, 2.75) is 85.0 Å². The van der Waals surface area contributed by atoms with Crippen molar-refractivity contribution in [2.24, 2.45) is 17.8 Å². The molecule has 4 rings (SSSR count). The molecule has 8 heteroatoms. The third kappa shape index (κ3) is 10.9. The normalized spacial score (nSPS) is 14.0. The molecular formula is C41H54N4O4. The summed E-state index contributed by atoms with van der Waals surface area (Å²) in [6.45, 7) is 11.0. The van der Waals surface area contributed by atoms with E-state index >= 15 is 0 Å². The van der Waals surface area contributed by atoms with Crippen LogP contribution in [0.25, 0.3) is 21.5 Å². The summed E-state index contributed by atoms with van der Waals surface area (Å²) in [7, 11) is 0. The summed E-state index contributed by atoms with van der Waals surface area (Å²) < 4.78 is 0. The molecule has 49 heavy (non-hydrogen) atoms. The first-order chi connectivity index (χ1) is 23.6. The Morgan fingerprint density at radius 3 is 1.80 bits per heavy atom. The van der Waals surface area contributed by atoms with Crippen LogP contribution in [0.5, 0.6) is 0 Å². The van der Waals surface area contributed by atoms with Gasteiger partial charge in [-0.1, -0.05) is 126 Å². The van der Waals surface area contributed by atoms with Crippen LogP contribution < -0.4 is 21.3 Å². The van der Waals surface area contributed by atoms with Crippen molar-refractivity contribution in [1.29, 1.82) is 0 Å². The molecule has 0 heterocycles. The Bertz CT molecular complexity index is 1600. The van der Waals surface area contributed by atoms with E-state index in [1.54, 1.807) is 0 Å². The van der Waals surface area contributed by atoms with E-state index in [0.29, 0.717) is 38.3 Å². The lowest BCUT2D eigenvalue weighted by Gasteiger charge is -2.29. The molecule has 3 amide bonds. The van der Waals surface area contributed by atoms with Crippen molar-refractivity contribution in [3.63, 3.8) is 0 Å². The van der Waals surface area contributed by atoms with Gasteiger partial charge in [-0.2, -0.15) is 0 Å². The number of hydrogen-bond donors (Lipinski definition) is 5. The molecule has 0 fully saturated rings. The van der Waals surface area contributed by atoms with Crippen molar-refractivity contribution < 1.29 is 19.5 Å². The van der Waals surface area contributed by atoms with Gasteiger partial charge in [-0.3, -0.25) is 19.7 Å². The fraction of sp³-hybridized carbons (Fsp3) is 0.439. The van der Waals surface area contributed by atoms with Crippen LogP contribution in [0.2, 0.25) is 0 Å². The van der Waals surface area contributed by atoms with E-state index in [9.17, 15) is 19.5 Å². The summed E-state index contributed by atoms with van der Waals surface area (Å²) >= 11 is 0. The maximum absolute atomic E-state index is 14.3. The van der Waals surface area contributed by atoms with Crippen LogP contribution in [0.15, 0.2) is 84.9 Å². The number of likely N-dealkylation sites (N-methyl/N-ethyl adjacent to an activating group) is 1. The minimum Gasteiger partial charge on any atom is -0.390 e. The van der Waals surface area contributed by atoms with E-state index in [4.69, 9.17) is 0 Å². The lowest BCUT2D eigenvalue weighted by Crippen LogP contribution is -2.59. The minimum atomic E-state index is -1.08. The van der Waals surface area contributed by atoms with Crippen molar-refractivity contribution in [2.75, 3.05) is 13.1 Å². The molecule has 0 spiro atoms. The van der Waals surface area contributed by atoms with Crippen LogP contribution in [-0.2, 0) is 27.2 Å². The fourth-order valence-electron chi connectivity index (χ4n) is 6.33. The standard InChI is InChI=1S/C41H54N4O4/c1-6-28(5)26-43-38(47)25-37(46)36(22-27(3)4)44-41(49)39(42-7-2)45-40(48)33(23-31-18-12-16-29-14-8-10-20-34(29)31)24-32-19-13-17-30-15-9-11-21-35(30)32/h8-21,27-28,33,36-37,39,42,46H,6-7,22-26H2,1-5H3,(H,43,47)(H,44,49)(H,45,48)/t28-,36-,37-,39?/m0/s1. The van der Waals surface area contributed by atoms with E-state index in [2.05, 4.69) is 83.6 Å². The van der Waals surface area contributed by atoms with E-state index in [1.165, 1.54) is 0 Å². The molecule has 0 aliphatic rings. The molecule has 4 aromatic rings. The number of amides is 3. The topological polar surface area (TPSA) is 120 Å². The number of carbonyl (C=O) groups is 3. The second kappa shape index (κ2) is 18.5. The first-order valence-corrected chi connectivity index (χ1v) is 17.8. The summed E-state index contributed by atoms with van der Waals surface area (Å²) in [5.74, 6) is -0.932. The molecule has 8 nitrogen and oxygen atoms in total. The highest BCUT2D eigenvalue weighted by Crippen LogP contribution is 2.26. The molecule has 262 valence electrons. The number of aliphatic hydroxyl groups is 1. The van der Waals surface area contributed by atoms with E-state index in [0.717, 1.165) is 39.1 Å². The third-order valence-corrected chi connectivity index (χ3v) is 9.28. The van der Waals surface area contributed by atoms with Gasteiger partial charge in [0.25, 0.3) is 5.91 Å². The van der Waals surface area contributed by atoms with E-state index in [-0.39, 0.29) is 24.2 Å². The van der Waals surface area contributed by atoms with Gasteiger partial charge in [0.05, 0.1) is 18.6 Å². The van der Waals surface area contributed by atoms with Gasteiger partial charge in [-0.15, -0.1) is 0 Å². The maximum atomic E-state index is 14.3. The molecule has 0 aromatic heterocycles. The Morgan fingerprint density at radius 1 is 0.714 bits per heavy atom. The molecule has 0 saturated carbocycles. The molecule has 0 aliphatic carbocycles. The predicted octanol–water partition coefficient (Wildman–Crippen LogP) is 5.89. The highest BCUT2D eigenvalue weighted by Gasteiger charge is 2.30. The first kappa shape index (κ1) is 37.5. The largest absolute Gasteiger partial charge is 0.390 e. The second-order valence-corrected chi connectivity index (χ2v) is 13.7. The lowest BCUT2D eigenvalue weighted by atomic mass is 9.88. The van der Waals surface area contributed by atoms with E-state index in [1.807, 2.05) is 57.2 Å². The molecule has 1 unspecified atom stereocenters. The number of benzene rings is 4. The fourth-order valence-corrected chi connectivity index (χ4v) is 6.33. The van der Waals surface area contributed by atoms with Gasteiger partial charge >= 0.3 is 0 Å². The Kier molecular flexibility index (Phi) is 14.2. The first-order valence-electron chi connectivity index (χ1n) is 17.8. The smallest absolute Gasteiger partial charge is 0.257 e. The number of rotatable bonds is 18. The van der Waals surface area contributed by atoms with Crippen LogP contribution in [-0.4, -0.2) is 54.2 Å². The van der Waals surface area contributed by atoms with Gasteiger partial charge in [0.15, 0.2) is 6.17 Å². The number of hydrogen-bond acceptors (Lipinski definition) is 5. The quantitative estimate of drug-likeness (QED) is 0.0849. The summed E-state index contributed by atoms with van der Waals surface area (Å²) in [6, 6.07) is 28.0. The number of carbonyl (C=O) groups excluding carboxylic acids is 3. The van der Waals surface area contributed by atoms with Crippen molar-refractivity contribution in [3.8, 4) is 0 Å². The molecule has 5 N–H and O–H groups in total. The monoisotopic (exact) mass is 666 g/mol. The van der Waals surface area contributed by atoms with Gasteiger partial charge in [0.2, 0.25) is 11.8 Å². The molecular weight excluding hydrogens is 612 g/mol. The molecule has 0 bridgehead atoms. The SMILES string of the molecule is CCNC(NC(=O)C(Cc1cccc2ccccc12)Cc1cccc2ccccc12)C(=O)N[C@@H](CC(C)C)[C@@H](O)CC(=O)NC[C@@H](C)CC. The van der Waals surface area contributed by atoms with Crippen LogP contribution >= 0.6 is 0 Å². The number of nitrogens with one attached hydrogen (secondary N) is 4. The maximum Gasteiger partial charge on any atom is 0.257 e. The van der Waals surface area contributed by atoms with Gasteiger partial charge in [-0.25, -0.2) is 0 Å². The van der Waals surface area contributed by atoms with Crippen LogP contribution in [0.3, 0.4) is 0 Å². The molecule has 0 aliphatic heterocycles. The Hall–Kier alpha value is -4.27. The zero-order valence-corrected chi connectivity index (χ0v) is 29.7. The van der Waals surface area contributed by atoms with E-state index < -0.39 is 30.1 Å². The van der Waals surface area contributed by atoms with Gasteiger partial charge in [0.1, 0.15) is 0 Å². The lowest BCUT2D eigenvalue weighted by molar-refractivity contribution is -0.133. The van der Waals surface area contributed by atoms with Crippen LogP contribution in [0.1, 0.15) is 65.0 Å². The zero-order valence-electron chi connectivity index (χ0n) is 29.7. The van der Waals surface area contributed by atoms with Crippen molar-refractivity contribution in [1.82, 2.24) is 21.3 Å². The van der Waals surface area contributed by atoms with Gasteiger partial charge < -0.3 is 21.1 Å². The summed E-state index contributed by atoms with van der Waals surface area (Å²) in [4.78, 5) is 40.7. The van der Waals surface area contributed by atoms with Crippen molar-refractivity contribution >= 4 is 39.3 Å². The second-order valence-electron chi connectivity index (χ2n) is 13.7. The van der Waals surface area contributed by atoms with Crippen LogP contribution in [0, 0.1) is 17.8 Å². The Labute approximate surface area is 291 Å². The summed E-state index contributed by atoms with van der Waals surface area (Å²) in [5.41, 5.74) is 2.13. The zero-order chi connectivity index (χ0) is 35.3. The summed E-state index contributed by atoms with van der Waals surface area (Å²) in [5, 5.41) is 27.5. The number of aliphatic hydroxyl groups excluding tert-OH is 1. The summed E-state index contributed by atoms with van der Waals surface area (Å²) in [6.07, 6.45) is 0.159. The minimum absolute atomic E-state index is 0.121. The van der Waals surface area contributed by atoms with Gasteiger partial charge in [-0.05, 0) is 70.3 Å².